The first kappa shape index (κ1) is 15.3. The highest BCUT2D eigenvalue weighted by atomic mass is 32.1. The first-order chi connectivity index (χ1) is 11.7. The third-order valence-corrected chi connectivity index (χ3v) is 5.67. The Morgan fingerprint density at radius 2 is 1.96 bits per heavy atom. The summed E-state index contributed by atoms with van der Waals surface area (Å²) in [4.78, 5) is 19.1. The van der Waals surface area contributed by atoms with Crippen molar-refractivity contribution >= 4 is 27.5 Å². The summed E-state index contributed by atoms with van der Waals surface area (Å²) in [6, 6.07) is 14.3. The van der Waals surface area contributed by atoms with Crippen LogP contribution in [-0.4, -0.2) is 28.9 Å². The Labute approximate surface area is 143 Å². The van der Waals surface area contributed by atoms with E-state index >= 15 is 0 Å². The number of likely N-dealkylation sites (tertiary alicyclic amines) is 1. The first-order valence-corrected chi connectivity index (χ1v) is 8.93. The summed E-state index contributed by atoms with van der Waals surface area (Å²) in [6.07, 6.45) is 1.93. The molecule has 1 atom stereocenters. The van der Waals surface area contributed by atoms with Crippen LogP contribution in [0.3, 0.4) is 0 Å². The van der Waals surface area contributed by atoms with Crippen molar-refractivity contribution in [3.8, 4) is 0 Å². The Morgan fingerprint density at radius 1 is 1.17 bits per heavy atom. The number of aromatic nitrogens is 1. The van der Waals surface area contributed by atoms with Crippen molar-refractivity contribution in [3.63, 3.8) is 0 Å². The number of halogens is 1. The van der Waals surface area contributed by atoms with E-state index < -0.39 is 5.82 Å². The lowest BCUT2D eigenvalue weighted by molar-refractivity contribution is 0.0702. The van der Waals surface area contributed by atoms with E-state index in [1.807, 2.05) is 18.2 Å². The molecule has 1 aliphatic heterocycles. The molecule has 122 valence electrons. The minimum absolute atomic E-state index is 0.155. The van der Waals surface area contributed by atoms with Gasteiger partial charge in [0.15, 0.2) is 0 Å². The van der Waals surface area contributed by atoms with E-state index in [0.29, 0.717) is 13.1 Å². The van der Waals surface area contributed by atoms with Crippen molar-refractivity contribution < 1.29 is 9.18 Å². The van der Waals surface area contributed by atoms with Crippen LogP contribution >= 0.6 is 11.3 Å². The van der Waals surface area contributed by atoms with Crippen molar-refractivity contribution in [3.05, 3.63) is 64.9 Å². The molecule has 5 heteroatoms. The van der Waals surface area contributed by atoms with Gasteiger partial charge in [0.1, 0.15) is 5.82 Å². The van der Waals surface area contributed by atoms with Gasteiger partial charge in [-0.15, -0.1) is 11.3 Å². The number of rotatable bonds is 2. The number of thiazole rings is 1. The van der Waals surface area contributed by atoms with E-state index in [4.69, 9.17) is 4.98 Å². The first-order valence-electron chi connectivity index (χ1n) is 8.11. The molecular weight excluding hydrogens is 323 g/mol. The van der Waals surface area contributed by atoms with Crippen LogP contribution in [0.2, 0.25) is 0 Å². The lowest BCUT2D eigenvalue weighted by Crippen LogP contribution is -2.39. The van der Waals surface area contributed by atoms with Gasteiger partial charge in [-0.05, 0) is 37.1 Å². The minimum atomic E-state index is -0.454. The number of fused-ring (bicyclic) bond motifs is 1. The Hall–Kier alpha value is -2.27. The molecule has 1 fully saturated rings. The Balaban J connectivity index is 1.57. The average molecular weight is 340 g/mol. The second-order valence-electron chi connectivity index (χ2n) is 6.09. The van der Waals surface area contributed by atoms with Crippen LogP contribution in [0.1, 0.15) is 34.1 Å². The molecule has 0 bridgehead atoms. The fourth-order valence-electron chi connectivity index (χ4n) is 3.23. The summed E-state index contributed by atoms with van der Waals surface area (Å²) in [5.41, 5.74) is 1.16. The SMILES string of the molecule is O=C(c1ccccc1F)N1CCC[C@H](c2nc3ccccc3s2)C1. The van der Waals surface area contributed by atoms with Crippen LogP contribution in [0.15, 0.2) is 48.5 Å². The monoisotopic (exact) mass is 340 g/mol. The molecule has 3 nitrogen and oxygen atoms in total. The molecule has 2 heterocycles. The lowest BCUT2D eigenvalue weighted by Gasteiger charge is -2.32. The molecular formula is C19H17FN2OS. The summed E-state index contributed by atoms with van der Waals surface area (Å²) in [5.74, 6) is -0.449. The zero-order valence-corrected chi connectivity index (χ0v) is 13.9. The number of benzene rings is 2. The van der Waals surface area contributed by atoms with E-state index in [-0.39, 0.29) is 17.4 Å². The molecule has 4 rings (SSSR count). The highest BCUT2D eigenvalue weighted by molar-refractivity contribution is 7.18. The fourth-order valence-corrected chi connectivity index (χ4v) is 4.33. The third-order valence-electron chi connectivity index (χ3n) is 4.47. The zero-order chi connectivity index (χ0) is 16.5. The summed E-state index contributed by atoms with van der Waals surface area (Å²) < 4.78 is 15.1. The number of piperidine rings is 1. The molecule has 1 aromatic heterocycles. The molecule has 2 aromatic carbocycles. The van der Waals surface area contributed by atoms with Crippen LogP contribution in [-0.2, 0) is 0 Å². The van der Waals surface area contributed by atoms with Crippen LogP contribution in [0, 0.1) is 5.82 Å². The van der Waals surface area contributed by atoms with Crippen molar-refractivity contribution in [2.24, 2.45) is 0 Å². The normalized spacial score (nSPS) is 18.0. The number of para-hydroxylation sites is 1. The smallest absolute Gasteiger partial charge is 0.256 e. The van der Waals surface area contributed by atoms with E-state index in [2.05, 4.69) is 6.07 Å². The molecule has 24 heavy (non-hydrogen) atoms. The number of hydrogen-bond donors (Lipinski definition) is 0. The predicted octanol–water partition coefficient (Wildman–Crippen LogP) is 4.46. The minimum Gasteiger partial charge on any atom is -0.338 e. The predicted molar refractivity (Wildman–Crippen MR) is 93.9 cm³/mol. The van der Waals surface area contributed by atoms with Crippen molar-refractivity contribution in [2.45, 2.75) is 18.8 Å². The number of amides is 1. The van der Waals surface area contributed by atoms with Gasteiger partial charge in [-0.3, -0.25) is 4.79 Å². The topological polar surface area (TPSA) is 33.2 Å². The largest absolute Gasteiger partial charge is 0.338 e. The molecule has 0 N–H and O–H groups in total. The number of carbonyl (C=O) groups is 1. The molecule has 0 saturated carbocycles. The quantitative estimate of drug-likeness (QED) is 0.690. The van der Waals surface area contributed by atoms with Crippen molar-refractivity contribution in [1.29, 1.82) is 0 Å². The van der Waals surface area contributed by atoms with E-state index in [9.17, 15) is 9.18 Å². The van der Waals surface area contributed by atoms with Gasteiger partial charge in [-0.2, -0.15) is 0 Å². The standard InChI is InChI=1S/C19H17FN2OS/c20-15-8-2-1-7-14(15)19(23)22-11-5-6-13(12-22)18-21-16-9-3-4-10-17(16)24-18/h1-4,7-10,13H,5-6,11-12H2/t13-/m0/s1. The van der Waals surface area contributed by atoms with E-state index in [1.54, 1.807) is 34.4 Å². The molecule has 0 radical (unpaired) electrons. The van der Waals surface area contributed by atoms with Crippen molar-refractivity contribution in [2.75, 3.05) is 13.1 Å². The van der Waals surface area contributed by atoms with Crippen LogP contribution < -0.4 is 0 Å². The number of hydrogen-bond acceptors (Lipinski definition) is 3. The third kappa shape index (κ3) is 2.80. The molecule has 1 saturated heterocycles. The highest BCUT2D eigenvalue weighted by Crippen LogP contribution is 2.33. The molecule has 0 aliphatic carbocycles. The summed E-state index contributed by atoms with van der Waals surface area (Å²) in [7, 11) is 0. The van der Waals surface area contributed by atoms with Crippen LogP contribution in [0.5, 0.6) is 0 Å². The molecule has 0 spiro atoms. The van der Waals surface area contributed by atoms with Gasteiger partial charge < -0.3 is 4.90 Å². The lowest BCUT2D eigenvalue weighted by atomic mass is 9.98. The number of carbonyl (C=O) groups excluding carboxylic acids is 1. The van der Waals surface area contributed by atoms with Gasteiger partial charge in [0.05, 0.1) is 20.8 Å². The van der Waals surface area contributed by atoms with Crippen LogP contribution in [0.4, 0.5) is 4.39 Å². The Kier molecular flexibility index (Phi) is 4.02. The fraction of sp³-hybridized carbons (Fsp3) is 0.263. The van der Waals surface area contributed by atoms with Gasteiger partial charge >= 0.3 is 0 Å². The average Bonchev–Trinajstić information content (AvgIpc) is 3.06. The van der Waals surface area contributed by atoms with Gasteiger partial charge in [0.2, 0.25) is 0 Å². The van der Waals surface area contributed by atoms with Gasteiger partial charge in [-0.25, -0.2) is 9.37 Å². The maximum Gasteiger partial charge on any atom is 0.256 e. The Morgan fingerprint density at radius 3 is 2.79 bits per heavy atom. The second-order valence-corrected chi connectivity index (χ2v) is 7.15. The van der Waals surface area contributed by atoms with Crippen molar-refractivity contribution in [1.82, 2.24) is 9.88 Å². The van der Waals surface area contributed by atoms with Gasteiger partial charge in [-0.1, -0.05) is 24.3 Å². The highest BCUT2D eigenvalue weighted by Gasteiger charge is 2.28. The van der Waals surface area contributed by atoms with E-state index in [0.717, 1.165) is 23.4 Å². The molecule has 1 aliphatic rings. The van der Waals surface area contributed by atoms with Gasteiger partial charge in [0.25, 0.3) is 5.91 Å². The maximum atomic E-state index is 13.9. The summed E-state index contributed by atoms with van der Waals surface area (Å²) in [6.45, 7) is 1.28. The van der Waals surface area contributed by atoms with Crippen LogP contribution in [0.25, 0.3) is 10.2 Å². The number of nitrogens with zero attached hydrogens (tertiary/aromatic N) is 2. The summed E-state index contributed by atoms with van der Waals surface area (Å²) in [5, 5.41) is 1.07. The molecule has 3 aromatic rings. The zero-order valence-electron chi connectivity index (χ0n) is 13.1. The Bertz CT molecular complexity index is 859. The van der Waals surface area contributed by atoms with E-state index in [1.165, 1.54) is 10.8 Å². The van der Waals surface area contributed by atoms with Gasteiger partial charge in [0, 0.05) is 19.0 Å². The molecule has 0 unspecified atom stereocenters. The molecule has 1 amide bonds. The second kappa shape index (κ2) is 6.32. The summed E-state index contributed by atoms with van der Waals surface area (Å²) >= 11 is 1.69. The maximum absolute atomic E-state index is 13.9.